The van der Waals surface area contributed by atoms with E-state index in [0.717, 1.165) is 18.7 Å². The lowest BCUT2D eigenvalue weighted by atomic mass is 10.1. The number of carbonyl (C=O) groups is 1. The topological polar surface area (TPSA) is 83.3 Å². The number of pyridine rings is 1. The predicted octanol–water partition coefficient (Wildman–Crippen LogP) is 0.400. The number of nitrogens with two attached hydrogens (primary N) is 1. The number of hydrogen-bond donors (Lipinski definition) is 3. The summed E-state index contributed by atoms with van der Waals surface area (Å²) in [6.45, 7) is 0.729. The highest BCUT2D eigenvalue weighted by atomic mass is 16.2. The molecule has 0 aromatic carbocycles. The Morgan fingerprint density at radius 2 is 2.41 bits per heavy atom. The van der Waals surface area contributed by atoms with E-state index in [9.17, 15) is 4.79 Å². The third kappa shape index (κ3) is 2.85. The average molecular weight is 235 g/mol. The van der Waals surface area contributed by atoms with Crippen LogP contribution in [0.25, 0.3) is 0 Å². The van der Waals surface area contributed by atoms with Crippen LogP contribution in [0, 0.1) is 0 Å². The molecule has 2 rings (SSSR count). The number of amides is 1. The van der Waals surface area contributed by atoms with Crippen molar-refractivity contribution in [2.45, 2.75) is 18.9 Å². The Hall–Kier alpha value is -1.82. The zero-order valence-electron chi connectivity index (χ0n) is 9.81. The number of likely N-dealkylation sites (N-methyl/N-ethyl adjacent to an activating group) is 1. The van der Waals surface area contributed by atoms with Gasteiger partial charge in [0.2, 0.25) is 5.91 Å². The number of carbonyl (C=O) groups excluding carboxylic acids is 1. The second-order valence-electron chi connectivity index (χ2n) is 4.23. The molecule has 1 amide bonds. The third-order valence-corrected chi connectivity index (χ3v) is 2.91. The monoisotopic (exact) mass is 235 g/mol. The van der Waals surface area contributed by atoms with Gasteiger partial charge in [-0.15, -0.1) is 0 Å². The summed E-state index contributed by atoms with van der Waals surface area (Å²) in [5, 5.41) is 3.38. The molecule has 1 aliphatic rings. The van der Waals surface area contributed by atoms with E-state index in [1.165, 1.54) is 0 Å². The molecule has 1 saturated heterocycles. The van der Waals surface area contributed by atoms with Crippen molar-refractivity contribution in [3.8, 4) is 0 Å². The van der Waals surface area contributed by atoms with Crippen molar-refractivity contribution in [2.75, 3.05) is 24.3 Å². The highest BCUT2D eigenvalue weighted by molar-refractivity contribution is 5.77. The Labute approximate surface area is 100 Å². The van der Waals surface area contributed by atoms with Crippen LogP contribution in [0.4, 0.5) is 11.5 Å². The van der Waals surface area contributed by atoms with Gasteiger partial charge in [-0.2, -0.15) is 0 Å². The number of hydrazine groups is 1. The van der Waals surface area contributed by atoms with Crippen molar-refractivity contribution < 1.29 is 4.79 Å². The quantitative estimate of drug-likeness (QED) is 0.522. The first-order chi connectivity index (χ1) is 8.19. The molecule has 0 bridgehead atoms. The van der Waals surface area contributed by atoms with E-state index in [1.807, 2.05) is 19.2 Å². The molecule has 1 atom stereocenters. The Morgan fingerprint density at radius 3 is 3.12 bits per heavy atom. The van der Waals surface area contributed by atoms with E-state index in [1.54, 1.807) is 11.1 Å². The lowest BCUT2D eigenvalue weighted by Gasteiger charge is -2.30. The van der Waals surface area contributed by atoms with Gasteiger partial charge in [-0.05, 0) is 12.5 Å². The van der Waals surface area contributed by atoms with E-state index in [2.05, 4.69) is 15.7 Å². The number of likely N-dealkylation sites (tertiary alicyclic amines) is 1. The van der Waals surface area contributed by atoms with Gasteiger partial charge in [0, 0.05) is 44.0 Å². The number of aromatic nitrogens is 1. The number of piperidine rings is 1. The largest absolute Gasteiger partial charge is 0.380 e. The summed E-state index contributed by atoms with van der Waals surface area (Å²) >= 11 is 0. The molecule has 2 heterocycles. The molecule has 1 aromatic rings. The minimum absolute atomic E-state index is 0.210. The number of nitrogen functional groups attached to an aromatic ring is 1. The van der Waals surface area contributed by atoms with Crippen LogP contribution in [0.15, 0.2) is 18.3 Å². The van der Waals surface area contributed by atoms with Crippen LogP contribution in [-0.2, 0) is 4.79 Å². The lowest BCUT2D eigenvalue weighted by Crippen LogP contribution is -2.43. The zero-order chi connectivity index (χ0) is 12.3. The molecule has 0 radical (unpaired) electrons. The summed E-state index contributed by atoms with van der Waals surface area (Å²) in [5.41, 5.74) is 3.46. The zero-order valence-corrected chi connectivity index (χ0v) is 9.81. The minimum Gasteiger partial charge on any atom is -0.380 e. The number of nitrogens with one attached hydrogen (secondary N) is 2. The van der Waals surface area contributed by atoms with Crippen molar-refractivity contribution in [1.82, 2.24) is 9.88 Å². The van der Waals surface area contributed by atoms with Gasteiger partial charge in [0.05, 0.1) is 0 Å². The summed E-state index contributed by atoms with van der Waals surface area (Å²) in [5.74, 6) is 6.13. The fourth-order valence-electron chi connectivity index (χ4n) is 1.97. The van der Waals surface area contributed by atoms with Gasteiger partial charge in [0.1, 0.15) is 5.82 Å². The van der Waals surface area contributed by atoms with Gasteiger partial charge in [-0.1, -0.05) is 0 Å². The van der Waals surface area contributed by atoms with Gasteiger partial charge < -0.3 is 15.6 Å². The maximum absolute atomic E-state index is 11.4. The van der Waals surface area contributed by atoms with Crippen molar-refractivity contribution in [1.29, 1.82) is 0 Å². The third-order valence-electron chi connectivity index (χ3n) is 2.91. The summed E-state index contributed by atoms with van der Waals surface area (Å²) in [7, 11) is 1.83. The first-order valence-corrected chi connectivity index (χ1v) is 5.62. The smallest absolute Gasteiger partial charge is 0.222 e. The summed E-state index contributed by atoms with van der Waals surface area (Å²) in [6, 6.07) is 4.01. The number of nitrogens with zero attached hydrogens (tertiary/aromatic N) is 2. The molecule has 92 valence electrons. The summed E-state index contributed by atoms with van der Waals surface area (Å²) < 4.78 is 0. The van der Waals surface area contributed by atoms with Crippen molar-refractivity contribution in [3.05, 3.63) is 18.3 Å². The standard InChI is InChI=1S/C11H17N5O/c1-16-7-9(2-3-11(16)17)14-8-4-5-13-10(6-8)15-12/h4-6,9H,2-3,7,12H2,1H3,(H2,13,14,15). The van der Waals surface area contributed by atoms with Gasteiger partial charge in [0.15, 0.2) is 0 Å². The second kappa shape index (κ2) is 5.01. The van der Waals surface area contributed by atoms with Crippen molar-refractivity contribution >= 4 is 17.4 Å². The van der Waals surface area contributed by atoms with Crippen LogP contribution in [0.1, 0.15) is 12.8 Å². The molecule has 6 nitrogen and oxygen atoms in total. The Kier molecular flexibility index (Phi) is 3.43. The average Bonchev–Trinajstić information content (AvgIpc) is 2.34. The van der Waals surface area contributed by atoms with Crippen molar-refractivity contribution in [2.24, 2.45) is 5.84 Å². The first-order valence-electron chi connectivity index (χ1n) is 5.62. The molecule has 1 unspecified atom stereocenters. The molecule has 0 spiro atoms. The van der Waals surface area contributed by atoms with E-state index < -0.39 is 0 Å². The summed E-state index contributed by atoms with van der Waals surface area (Å²) in [6.07, 6.45) is 3.15. The molecule has 0 aliphatic carbocycles. The SMILES string of the molecule is CN1CC(Nc2ccnc(NN)c2)CCC1=O. The predicted molar refractivity (Wildman–Crippen MR) is 66.3 cm³/mol. The van der Waals surface area contributed by atoms with Crippen LogP contribution in [0.2, 0.25) is 0 Å². The van der Waals surface area contributed by atoms with Gasteiger partial charge in [-0.25, -0.2) is 10.8 Å². The van der Waals surface area contributed by atoms with Crippen molar-refractivity contribution in [3.63, 3.8) is 0 Å². The van der Waals surface area contributed by atoms with Crippen LogP contribution in [0.3, 0.4) is 0 Å². The molecule has 4 N–H and O–H groups in total. The van der Waals surface area contributed by atoms with Gasteiger partial charge >= 0.3 is 0 Å². The van der Waals surface area contributed by atoms with E-state index >= 15 is 0 Å². The van der Waals surface area contributed by atoms with Gasteiger partial charge in [-0.3, -0.25) is 4.79 Å². The highest BCUT2D eigenvalue weighted by Gasteiger charge is 2.22. The second-order valence-corrected chi connectivity index (χ2v) is 4.23. The Morgan fingerprint density at radius 1 is 1.59 bits per heavy atom. The van der Waals surface area contributed by atoms with Gasteiger partial charge in [0.25, 0.3) is 0 Å². The molecule has 1 aliphatic heterocycles. The molecular weight excluding hydrogens is 218 g/mol. The highest BCUT2D eigenvalue weighted by Crippen LogP contribution is 2.17. The van der Waals surface area contributed by atoms with E-state index in [4.69, 9.17) is 5.84 Å². The lowest BCUT2D eigenvalue weighted by molar-refractivity contribution is -0.132. The fraction of sp³-hybridized carbons (Fsp3) is 0.455. The molecular formula is C11H17N5O. The van der Waals surface area contributed by atoms with E-state index in [0.29, 0.717) is 12.2 Å². The maximum Gasteiger partial charge on any atom is 0.222 e. The molecule has 6 heteroatoms. The number of hydrogen-bond acceptors (Lipinski definition) is 5. The van der Waals surface area contributed by atoms with Crippen LogP contribution in [-0.4, -0.2) is 35.4 Å². The van der Waals surface area contributed by atoms with Crippen LogP contribution in [0.5, 0.6) is 0 Å². The first kappa shape index (κ1) is 11.7. The van der Waals surface area contributed by atoms with Crippen LogP contribution < -0.4 is 16.6 Å². The minimum atomic E-state index is 0.210. The normalized spacial score (nSPS) is 20.2. The Balaban J connectivity index is 1.98. The fourth-order valence-corrected chi connectivity index (χ4v) is 1.97. The number of anilines is 2. The molecule has 1 fully saturated rings. The molecule has 17 heavy (non-hydrogen) atoms. The summed E-state index contributed by atoms with van der Waals surface area (Å²) in [4.78, 5) is 17.1. The van der Waals surface area contributed by atoms with Crippen LogP contribution >= 0.6 is 0 Å². The van der Waals surface area contributed by atoms with E-state index in [-0.39, 0.29) is 11.9 Å². The molecule has 0 saturated carbocycles. The Bertz CT molecular complexity index is 409. The maximum atomic E-state index is 11.4. The number of rotatable bonds is 3. The molecule has 1 aromatic heterocycles.